The van der Waals surface area contributed by atoms with E-state index in [2.05, 4.69) is 87.8 Å². The molecule has 5 rings (SSSR count). The van der Waals surface area contributed by atoms with Gasteiger partial charge in [-0.05, 0) is 69.7 Å². The number of aromatic amines is 1. The molecule has 0 radical (unpaired) electrons. The Labute approximate surface area is 175 Å². The van der Waals surface area contributed by atoms with Gasteiger partial charge in [-0.2, -0.15) is 0 Å². The van der Waals surface area contributed by atoms with E-state index in [1.165, 1.54) is 48.5 Å². The molecule has 144 valence electrons. The Kier molecular flexibility index (Phi) is 5.56. The zero-order chi connectivity index (χ0) is 19.7. The first-order valence-electron chi connectivity index (χ1n) is 10.2. The highest BCUT2D eigenvalue weighted by Crippen LogP contribution is 2.36. The smallest absolute Gasteiger partial charge is 0.0606 e. The van der Waals surface area contributed by atoms with Gasteiger partial charge in [0, 0.05) is 15.6 Å². The van der Waals surface area contributed by atoms with Crippen LogP contribution in [0.25, 0.3) is 21.7 Å². The summed E-state index contributed by atoms with van der Waals surface area (Å²) in [6, 6.07) is 20.1. The highest BCUT2D eigenvalue weighted by Gasteiger charge is 2.25. The quantitative estimate of drug-likeness (QED) is 0.354. The molecule has 0 fully saturated rings. The molecule has 0 amide bonds. The SMILES string of the molecule is CC.Cc1ccc2c3c([nH]c2c1Br)C(Cc1cccc2ccccc12)NCC3. The van der Waals surface area contributed by atoms with Crippen molar-refractivity contribution in [1.29, 1.82) is 0 Å². The standard InChI is InChI=1S/C23H21BrN2.C2H6/c1-14-9-10-18-19-11-12-25-20(22(19)26-23(18)21(14)24)13-16-7-4-6-15-5-2-3-8-17(15)16;1-2/h2-10,20,25-26H,11-13H2,1H3;1-2H3. The Morgan fingerprint density at radius 2 is 1.75 bits per heavy atom. The van der Waals surface area contributed by atoms with Gasteiger partial charge in [0.15, 0.2) is 0 Å². The van der Waals surface area contributed by atoms with Gasteiger partial charge in [-0.25, -0.2) is 0 Å². The Morgan fingerprint density at radius 3 is 2.61 bits per heavy atom. The molecule has 2 heterocycles. The number of nitrogens with one attached hydrogen (secondary N) is 2. The lowest BCUT2D eigenvalue weighted by molar-refractivity contribution is 0.496. The van der Waals surface area contributed by atoms with Gasteiger partial charge in [0.25, 0.3) is 0 Å². The van der Waals surface area contributed by atoms with Crippen LogP contribution in [0.2, 0.25) is 0 Å². The molecule has 1 unspecified atom stereocenters. The number of aryl methyl sites for hydroxylation is 1. The fraction of sp³-hybridized carbons (Fsp3) is 0.280. The highest BCUT2D eigenvalue weighted by molar-refractivity contribution is 9.10. The van der Waals surface area contributed by atoms with Crippen molar-refractivity contribution in [3.05, 3.63) is 81.5 Å². The van der Waals surface area contributed by atoms with E-state index >= 15 is 0 Å². The number of rotatable bonds is 2. The number of halogens is 1. The fourth-order valence-corrected chi connectivity index (χ4v) is 4.76. The molecule has 3 heteroatoms. The van der Waals surface area contributed by atoms with Crippen molar-refractivity contribution < 1.29 is 0 Å². The van der Waals surface area contributed by atoms with E-state index in [0.717, 1.165) is 19.4 Å². The van der Waals surface area contributed by atoms with Crippen molar-refractivity contribution in [3.63, 3.8) is 0 Å². The number of hydrogen-bond acceptors (Lipinski definition) is 1. The maximum absolute atomic E-state index is 3.77. The number of hydrogen-bond donors (Lipinski definition) is 2. The molecular formula is C25H27BrN2. The molecule has 1 aliphatic rings. The zero-order valence-electron chi connectivity index (χ0n) is 16.8. The Hall–Kier alpha value is -2.10. The molecule has 4 aromatic rings. The summed E-state index contributed by atoms with van der Waals surface area (Å²) in [7, 11) is 0. The van der Waals surface area contributed by atoms with Crippen LogP contribution < -0.4 is 5.32 Å². The number of aromatic nitrogens is 1. The predicted octanol–water partition coefficient (Wildman–Crippen LogP) is 6.85. The average molecular weight is 435 g/mol. The van der Waals surface area contributed by atoms with Crippen LogP contribution in [-0.4, -0.2) is 11.5 Å². The zero-order valence-corrected chi connectivity index (χ0v) is 18.4. The lowest BCUT2D eigenvalue weighted by atomic mass is 9.92. The van der Waals surface area contributed by atoms with Crippen LogP contribution in [0.4, 0.5) is 0 Å². The average Bonchev–Trinajstić information content (AvgIpc) is 3.13. The van der Waals surface area contributed by atoms with E-state index in [-0.39, 0.29) is 0 Å². The normalized spacial score (nSPS) is 15.9. The van der Waals surface area contributed by atoms with Crippen LogP contribution in [0, 0.1) is 6.92 Å². The molecule has 2 nitrogen and oxygen atoms in total. The summed E-state index contributed by atoms with van der Waals surface area (Å²) in [5.74, 6) is 0. The van der Waals surface area contributed by atoms with Gasteiger partial charge in [0.2, 0.25) is 0 Å². The van der Waals surface area contributed by atoms with Crippen molar-refractivity contribution in [1.82, 2.24) is 10.3 Å². The second-order valence-corrected chi connectivity index (χ2v) is 8.03. The molecule has 28 heavy (non-hydrogen) atoms. The van der Waals surface area contributed by atoms with Crippen molar-refractivity contribution in [2.75, 3.05) is 6.54 Å². The minimum Gasteiger partial charge on any atom is -0.356 e. The first-order valence-corrected chi connectivity index (χ1v) is 11.0. The van der Waals surface area contributed by atoms with Crippen LogP contribution in [0.15, 0.2) is 59.1 Å². The van der Waals surface area contributed by atoms with Gasteiger partial charge in [-0.1, -0.05) is 68.4 Å². The number of benzene rings is 3. The molecule has 1 aliphatic heterocycles. The lowest BCUT2D eigenvalue weighted by Crippen LogP contribution is -2.31. The fourth-order valence-electron chi connectivity index (χ4n) is 4.31. The highest BCUT2D eigenvalue weighted by atomic mass is 79.9. The maximum Gasteiger partial charge on any atom is 0.0606 e. The molecule has 0 aliphatic carbocycles. The van der Waals surface area contributed by atoms with E-state index in [1.54, 1.807) is 0 Å². The largest absolute Gasteiger partial charge is 0.356 e. The van der Waals surface area contributed by atoms with E-state index in [4.69, 9.17) is 0 Å². The molecule has 0 saturated carbocycles. The van der Waals surface area contributed by atoms with E-state index in [0.29, 0.717) is 6.04 Å². The van der Waals surface area contributed by atoms with Gasteiger partial charge in [-0.3, -0.25) is 0 Å². The van der Waals surface area contributed by atoms with Crippen LogP contribution in [0.5, 0.6) is 0 Å². The maximum atomic E-state index is 3.77. The summed E-state index contributed by atoms with van der Waals surface area (Å²) in [4.78, 5) is 3.73. The summed E-state index contributed by atoms with van der Waals surface area (Å²) >= 11 is 3.77. The van der Waals surface area contributed by atoms with Crippen LogP contribution in [-0.2, 0) is 12.8 Å². The van der Waals surface area contributed by atoms with E-state index < -0.39 is 0 Å². The summed E-state index contributed by atoms with van der Waals surface area (Å²) in [6.45, 7) is 7.18. The third-order valence-electron chi connectivity index (χ3n) is 5.66. The third kappa shape index (κ3) is 3.27. The minimum absolute atomic E-state index is 0.323. The van der Waals surface area contributed by atoms with Crippen molar-refractivity contribution in [2.45, 2.75) is 39.7 Å². The summed E-state index contributed by atoms with van der Waals surface area (Å²) in [5, 5.41) is 7.77. The summed E-state index contributed by atoms with van der Waals surface area (Å²) in [5.41, 5.74) is 6.74. The summed E-state index contributed by atoms with van der Waals surface area (Å²) < 4.78 is 1.19. The summed E-state index contributed by atoms with van der Waals surface area (Å²) in [6.07, 6.45) is 2.08. The lowest BCUT2D eigenvalue weighted by Gasteiger charge is -2.25. The van der Waals surface area contributed by atoms with Gasteiger partial charge in [0.05, 0.1) is 11.6 Å². The first kappa shape index (κ1) is 19.2. The molecule has 3 aromatic carbocycles. The molecule has 0 spiro atoms. The minimum atomic E-state index is 0.323. The van der Waals surface area contributed by atoms with Crippen molar-refractivity contribution >= 4 is 37.6 Å². The van der Waals surface area contributed by atoms with Crippen molar-refractivity contribution in [2.24, 2.45) is 0 Å². The number of H-pyrrole nitrogens is 1. The van der Waals surface area contributed by atoms with Gasteiger partial charge in [-0.15, -0.1) is 0 Å². The molecule has 2 N–H and O–H groups in total. The molecular weight excluding hydrogens is 408 g/mol. The van der Waals surface area contributed by atoms with E-state index in [1.807, 2.05) is 13.8 Å². The van der Waals surface area contributed by atoms with Gasteiger partial charge in [0.1, 0.15) is 0 Å². The molecule has 0 bridgehead atoms. The predicted molar refractivity (Wildman–Crippen MR) is 124 cm³/mol. The molecule has 1 aromatic heterocycles. The Balaban J connectivity index is 0.000000932. The third-order valence-corrected chi connectivity index (χ3v) is 6.69. The van der Waals surface area contributed by atoms with Crippen LogP contribution >= 0.6 is 15.9 Å². The van der Waals surface area contributed by atoms with Crippen LogP contribution in [0.1, 0.15) is 42.3 Å². The number of fused-ring (bicyclic) bond motifs is 4. The van der Waals surface area contributed by atoms with Gasteiger partial charge >= 0.3 is 0 Å². The Morgan fingerprint density at radius 1 is 0.964 bits per heavy atom. The molecule has 1 atom stereocenters. The van der Waals surface area contributed by atoms with Crippen LogP contribution in [0.3, 0.4) is 0 Å². The first-order chi connectivity index (χ1) is 13.7. The monoisotopic (exact) mass is 434 g/mol. The molecule has 0 saturated heterocycles. The van der Waals surface area contributed by atoms with Crippen molar-refractivity contribution in [3.8, 4) is 0 Å². The van der Waals surface area contributed by atoms with Gasteiger partial charge < -0.3 is 10.3 Å². The van der Waals surface area contributed by atoms with E-state index in [9.17, 15) is 0 Å². The topological polar surface area (TPSA) is 27.8 Å². The Bertz CT molecular complexity index is 1120. The second kappa shape index (κ2) is 8.10. The second-order valence-electron chi connectivity index (χ2n) is 7.24.